The third kappa shape index (κ3) is 6.27. The molecule has 0 saturated heterocycles. The summed E-state index contributed by atoms with van der Waals surface area (Å²) in [5.41, 5.74) is 2.04. The summed E-state index contributed by atoms with van der Waals surface area (Å²) in [5.74, 6) is 0.515. The van der Waals surface area contributed by atoms with E-state index >= 15 is 0 Å². The van der Waals surface area contributed by atoms with Crippen molar-refractivity contribution in [2.75, 3.05) is 0 Å². The fourth-order valence-electron chi connectivity index (χ4n) is 2.51. The Morgan fingerprint density at radius 1 is 0.759 bits per heavy atom. The largest absolute Gasteiger partial charge is 0.573 e. The molecule has 0 radical (unpaired) electrons. The number of alkyl halides is 3. The van der Waals surface area contributed by atoms with E-state index in [1.165, 1.54) is 24.3 Å². The molecular formula is C22H17F3O4. The van der Waals surface area contributed by atoms with Gasteiger partial charge in [-0.2, -0.15) is 0 Å². The maximum absolute atomic E-state index is 12.2. The molecule has 0 aliphatic rings. The number of ether oxygens (including phenoxy) is 3. The van der Waals surface area contributed by atoms with Gasteiger partial charge in [0.1, 0.15) is 25.2 Å². The first kappa shape index (κ1) is 20.3. The third-order valence-corrected chi connectivity index (χ3v) is 3.89. The zero-order valence-electron chi connectivity index (χ0n) is 15.2. The molecule has 0 amide bonds. The Labute approximate surface area is 165 Å². The van der Waals surface area contributed by atoms with Gasteiger partial charge in [-0.05, 0) is 41.5 Å². The van der Waals surface area contributed by atoms with Crippen molar-refractivity contribution in [2.24, 2.45) is 0 Å². The Morgan fingerprint density at radius 2 is 1.38 bits per heavy atom. The summed E-state index contributed by atoms with van der Waals surface area (Å²) in [6.45, 7) is 0.400. The molecule has 150 valence electrons. The molecule has 0 unspecified atom stereocenters. The van der Waals surface area contributed by atoms with Crippen LogP contribution in [-0.4, -0.2) is 12.6 Å². The first-order chi connectivity index (χ1) is 13.9. The zero-order chi connectivity index (χ0) is 20.7. The molecule has 0 aromatic heterocycles. The van der Waals surface area contributed by atoms with Crippen molar-refractivity contribution in [3.63, 3.8) is 0 Å². The van der Waals surface area contributed by atoms with Gasteiger partial charge in [-0.1, -0.05) is 42.5 Å². The van der Waals surface area contributed by atoms with E-state index < -0.39 is 6.36 Å². The highest BCUT2D eigenvalue weighted by molar-refractivity contribution is 5.76. The minimum Gasteiger partial charge on any atom is -0.485 e. The topological polar surface area (TPSA) is 44.8 Å². The van der Waals surface area contributed by atoms with E-state index in [0.29, 0.717) is 35.5 Å². The van der Waals surface area contributed by atoms with Crippen LogP contribution < -0.4 is 14.2 Å². The second-order valence-electron chi connectivity index (χ2n) is 6.08. The molecular weight excluding hydrogens is 385 g/mol. The van der Waals surface area contributed by atoms with E-state index in [4.69, 9.17) is 9.47 Å². The summed E-state index contributed by atoms with van der Waals surface area (Å²) in [5, 5.41) is 0. The fourth-order valence-corrected chi connectivity index (χ4v) is 2.51. The van der Waals surface area contributed by atoms with Crippen molar-refractivity contribution >= 4 is 6.29 Å². The van der Waals surface area contributed by atoms with Crippen LogP contribution in [0.15, 0.2) is 72.8 Å². The Bertz CT molecular complexity index is 939. The predicted octanol–water partition coefficient (Wildman–Crippen LogP) is 5.56. The smallest absolute Gasteiger partial charge is 0.485 e. The minimum atomic E-state index is -4.73. The molecule has 0 aliphatic carbocycles. The molecule has 0 heterocycles. The van der Waals surface area contributed by atoms with E-state index in [9.17, 15) is 18.0 Å². The zero-order valence-corrected chi connectivity index (χ0v) is 15.2. The number of benzene rings is 3. The number of hydrogen-bond donors (Lipinski definition) is 0. The Hall–Kier alpha value is -3.48. The van der Waals surface area contributed by atoms with Crippen LogP contribution in [0.4, 0.5) is 13.2 Å². The average Bonchev–Trinajstić information content (AvgIpc) is 2.71. The van der Waals surface area contributed by atoms with Gasteiger partial charge in [0.25, 0.3) is 0 Å². The van der Waals surface area contributed by atoms with Crippen molar-refractivity contribution in [1.29, 1.82) is 0 Å². The number of aldehydes is 1. The maximum Gasteiger partial charge on any atom is 0.573 e. The average molecular weight is 402 g/mol. The van der Waals surface area contributed by atoms with E-state index in [1.54, 1.807) is 18.2 Å². The molecule has 0 saturated carbocycles. The summed E-state index contributed by atoms with van der Waals surface area (Å²) >= 11 is 0. The summed E-state index contributed by atoms with van der Waals surface area (Å²) in [6.07, 6.45) is -4.03. The van der Waals surface area contributed by atoms with Gasteiger partial charge < -0.3 is 14.2 Å². The quantitative estimate of drug-likeness (QED) is 0.463. The molecule has 7 heteroatoms. The second kappa shape index (κ2) is 9.14. The number of carbonyl (C=O) groups excluding carboxylic acids is 1. The van der Waals surface area contributed by atoms with Crippen molar-refractivity contribution in [2.45, 2.75) is 19.6 Å². The first-order valence-corrected chi connectivity index (χ1v) is 8.66. The van der Waals surface area contributed by atoms with E-state index in [1.807, 2.05) is 30.3 Å². The Kier molecular flexibility index (Phi) is 6.39. The van der Waals surface area contributed by atoms with Crippen LogP contribution in [0.1, 0.15) is 21.5 Å². The van der Waals surface area contributed by atoms with Gasteiger partial charge in [0.05, 0.1) is 0 Å². The summed E-state index contributed by atoms with van der Waals surface area (Å²) in [6, 6.07) is 19.7. The standard InChI is InChI=1S/C22H17F3O4/c23-22(24,25)29-19-9-6-17(7-10-19)15-27-20-11-8-18(13-26)12-21(20)28-14-16-4-2-1-3-5-16/h1-13H,14-15H2. The van der Waals surface area contributed by atoms with Crippen LogP contribution in [-0.2, 0) is 13.2 Å². The first-order valence-electron chi connectivity index (χ1n) is 8.66. The fraction of sp³-hybridized carbons (Fsp3) is 0.136. The van der Waals surface area contributed by atoms with Crippen LogP contribution in [0.2, 0.25) is 0 Å². The highest BCUT2D eigenvalue weighted by Crippen LogP contribution is 2.30. The maximum atomic E-state index is 12.2. The lowest BCUT2D eigenvalue weighted by molar-refractivity contribution is -0.274. The second-order valence-corrected chi connectivity index (χ2v) is 6.08. The molecule has 0 bridgehead atoms. The van der Waals surface area contributed by atoms with Crippen molar-refractivity contribution in [3.05, 3.63) is 89.5 Å². The van der Waals surface area contributed by atoms with E-state index in [-0.39, 0.29) is 12.4 Å². The van der Waals surface area contributed by atoms with Crippen molar-refractivity contribution in [3.8, 4) is 17.2 Å². The lowest BCUT2D eigenvalue weighted by atomic mass is 10.2. The summed E-state index contributed by atoms with van der Waals surface area (Å²) in [4.78, 5) is 11.1. The van der Waals surface area contributed by atoms with Crippen molar-refractivity contribution in [1.82, 2.24) is 0 Å². The number of rotatable bonds is 8. The summed E-state index contributed by atoms with van der Waals surface area (Å²) in [7, 11) is 0. The van der Waals surface area contributed by atoms with Crippen LogP contribution in [0, 0.1) is 0 Å². The van der Waals surface area contributed by atoms with Gasteiger partial charge in [-0.3, -0.25) is 4.79 Å². The van der Waals surface area contributed by atoms with Gasteiger partial charge in [-0.25, -0.2) is 0 Å². The Balaban J connectivity index is 1.67. The molecule has 3 aromatic rings. The molecule has 0 fully saturated rings. The Morgan fingerprint density at radius 3 is 2.00 bits per heavy atom. The molecule has 0 N–H and O–H groups in total. The van der Waals surface area contributed by atoms with Gasteiger partial charge >= 0.3 is 6.36 Å². The highest BCUT2D eigenvalue weighted by atomic mass is 19.4. The van der Waals surface area contributed by atoms with Gasteiger partial charge in [0.15, 0.2) is 11.5 Å². The van der Waals surface area contributed by atoms with Crippen LogP contribution in [0.5, 0.6) is 17.2 Å². The van der Waals surface area contributed by atoms with E-state index in [0.717, 1.165) is 5.56 Å². The lowest BCUT2D eigenvalue weighted by Gasteiger charge is -2.14. The molecule has 3 rings (SSSR count). The minimum absolute atomic E-state index is 0.106. The number of halogens is 3. The number of hydrogen-bond acceptors (Lipinski definition) is 4. The summed E-state index contributed by atoms with van der Waals surface area (Å²) < 4.78 is 52.1. The number of carbonyl (C=O) groups is 1. The molecule has 0 atom stereocenters. The van der Waals surface area contributed by atoms with Crippen molar-refractivity contribution < 1.29 is 32.2 Å². The SMILES string of the molecule is O=Cc1ccc(OCc2ccc(OC(F)(F)F)cc2)c(OCc2ccccc2)c1. The molecule has 29 heavy (non-hydrogen) atoms. The lowest BCUT2D eigenvalue weighted by Crippen LogP contribution is -2.17. The molecule has 4 nitrogen and oxygen atoms in total. The normalized spacial score (nSPS) is 11.0. The van der Waals surface area contributed by atoms with Crippen LogP contribution >= 0.6 is 0 Å². The van der Waals surface area contributed by atoms with E-state index in [2.05, 4.69) is 4.74 Å². The van der Waals surface area contributed by atoms with Crippen LogP contribution in [0.25, 0.3) is 0 Å². The van der Waals surface area contributed by atoms with Crippen LogP contribution in [0.3, 0.4) is 0 Å². The monoisotopic (exact) mass is 402 g/mol. The molecule has 0 aliphatic heterocycles. The third-order valence-electron chi connectivity index (χ3n) is 3.89. The molecule has 0 spiro atoms. The van der Waals surface area contributed by atoms with Gasteiger partial charge in [0, 0.05) is 5.56 Å². The van der Waals surface area contributed by atoms with Gasteiger partial charge in [0.2, 0.25) is 0 Å². The molecule has 3 aromatic carbocycles. The highest BCUT2D eigenvalue weighted by Gasteiger charge is 2.30. The predicted molar refractivity (Wildman–Crippen MR) is 100 cm³/mol. The van der Waals surface area contributed by atoms with Gasteiger partial charge in [-0.15, -0.1) is 13.2 Å².